The highest BCUT2D eigenvalue weighted by Crippen LogP contribution is 2.31. The van der Waals surface area contributed by atoms with E-state index in [4.69, 9.17) is 4.74 Å². The number of hydrogen-bond donors (Lipinski definition) is 1. The Balaban J connectivity index is 1.26. The Bertz CT molecular complexity index is 1330. The maximum Gasteiger partial charge on any atom is 0.230 e. The van der Waals surface area contributed by atoms with E-state index in [0.717, 1.165) is 33.0 Å². The van der Waals surface area contributed by atoms with Gasteiger partial charge in [0.25, 0.3) is 0 Å². The van der Waals surface area contributed by atoms with Crippen molar-refractivity contribution in [1.29, 1.82) is 0 Å². The summed E-state index contributed by atoms with van der Waals surface area (Å²) < 4.78 is 8.58. The fraction of sp³-hybridized carbons (Fsp3) is 0.0417. The highest BCUT2D eigenvalue weighted by Gasteiger charge is 2.11. The second-order valence-electron chi connectivity index (χ2n) is 6.92. The molecule has 0 aliphatic rings. The number of thiazole rings is 1. The number of ether oxygens (including phenoxy) is 1. The Morgan fingerprint density at radius 3 is 2.55 bits per heavy atom. The van der Waals surface area contributed by atoms with Gasteiger partial charge in [0.15, 0.2) is 5.13 Å². The van der Waals surface area contributed by atoms with Gasteiger partial charge < -0.3 is 10.1 Å². The van der Waals surface area contributed by atoms with Crippen LogP contribution >= 0.6 is 11.3 Å². The van der Waals surface area contributed by atoms with Crippen LogP contribution in [0.3, 0.4) is 0 Å². The maximum absolute atomic E-state index is 12.5. The van der Waals surface area contributed by atoms with E-state index in [9.17, 15) is 4.79 Å². The quantitative estimate of drug-likeness (QED) is 0.392. The van der Waals surface area contributed by atoms with Crippen LogP contribution in [-0.4, -0.2) is 20.7 Å². The number of rotatable bonds is 6. The van der Waals surface area contributed by atoms with Crippen molar-refractivity contribution in [2.45, 2.75) is 6.42 Å². The van der Waals surface area contributed by atoms with Crippen molar-refractivity contribution >= 4 is 32.6 Å². The van der Waals surface area contributed by atoms with Crippen LogP contribution in [0.4, 0.5) is 5.13 Å². The van der Waals surface area contributed by atoms with Gasteiger partial charge in [0.1, 0.15) is 11.5 Å². The van der Waals surface area contributed by atoms with Gasteiger partial charge in [-0.15, -0.1) is 0 Å². The van der Waals surface area contributed by atoms with Crippen LogP contribution in [0.2, 0.25) is 0 Å². The maximum atomic E-state index is 12.5. The summed E-state index contributed by atoms with van der Waals surface area (Å²) in [7, 11) is 0. The summed E-state index contributed by atoms with van der Waals surface area (Å²) in [6, 6.07) is 25.1. The molecule has 31 heavy (non-hydrogen) atoms. The first-order valence-corrected chi connectivity index (χ1v) is 10.6. The summed E-state index contributed by atoms with van der Waals surface area (Å²) in [6.45, 7) is 0. The first-order chi connectivity index (χ1) is 15.2. The second-order valence-corrected chi connectivity index (χ2v) is 7.95. The molecule has 7 heteroatoms. The van der Waals surface area contributed by atoms with Gasteiger partial charge in [0.2, 0.25) is 5.91 Å². The third-order valence-electron chi connectivity index (χ3n) is 4.61. The Labute approximate surface area is 182 Å². The number of para-hydroxylation sites is 2. The van der Waals surface area contributed by atoms with Crippen LogP contribution in [0, 0.1) is 0 Å². The molecule has 0 radical (unpaired) electrons. The normalized spacial score (nSPS) is 10.8. The summed E-state index contributed by atoms with van der Waals surface area (Å²) in [5.74, 6) is 1.37. The van der Waals surface area contributed by atoms with E-state index in [2.05, 4.69) is 15.4 Å². The average Bonchev–Trinajstić information content (AvgIpc) is 3.41. The molecule has 6 nitrogen and oxygen atoms in total. The Kier molecular flexibility index (Phi) is 5.16. The number of carbonyl (C=O) groups excluding carboxylic acids is 1. The number of hydrogen-bond acceptors (Lipinski definition) is 5. The molecule has 0 aliphatic heterocycles. The van der Waals surface area contributed by atoms with Crippen molar-refractivity contribution < 1.29 is 9.53 Å². The molecule has 0 bridgehead atoms. The minimum atomic E-state index is -0.132. The lowest BCUT2D eigenvalue weighted by molar-refractivity contribution is -0.115. The number of benzene rings is 3. The Morgan fingerprint density at radius 1 is 0.968 bits per heavy atom. The van der Waals surface area contributed by atoms with Crippen LogP contribution in [0.5, 0.6) is 11.5 Å². The van der Waals surface area contributed by atoms with Crippen LogP contribution in [0.15, 0.2) is 91.3 Å². The zero-order chi connectivity index (χ0) is 21.0. The van der Waals surface area contributed by atoms with Crippen LogP contribution < -0.4 is 10.1 Å². The molecule has 0 saturated carbocycles. The first kappa shape index (κ1) is 19.0. The van der Waals surface area contributed by atoms with Crippen LogP contribution in [-0.2, 0) is 11.2 Å². The average molecular weight is 427 g/mol. The van der Waals surface area contributed by atoms with E-state index in [1.54, 1.807) is 10.9 Å². The van der Waals surface area contributed by atoms with Gasteiger partial charge in [0.05, 0.1) is 28.5 Å². The number of fused-ring (bicyclic) bond motifs is 1. The molecule has 0 fully saturated rings. The third-order valence-corrected chi connectivity index (χ3v) is 5.54. The van der Waals surface area contributed by atoms with E-state index in [1.807, 2.05) is 85.1 Å². The van der Waals surface area contributed by atoms with Crippen molar-refractivity contribution in [1.82, 2.24) is 14.8 Å². The van der Waals surface area contributed by atoms with E-state index in [1.165, 1.54) is 11.3 Å². The molecule has 2 heterocycles. The lowest BCUT2D eigenvalue weighted by Gasteiger charge is -2.04. The molecule has 0 spiro atoms. The standard InChI is InChI=1S/C24H18N4O2S/c29-23(13-17-15-25-28(16-17)18-7-3-1-4-8-18)27-24-26-21-12-11-20(14-22(21)31-24)30-19-9-5-2-6-10-19/h1-12,14-16H,13H2,(H,26,27,29). The van der Waals surface area contributed by atoms with Gasteiger partial charge in [-0.25, -0.2) is 9.67 Å². The van der Waals surface area contributed by atoms with Crippen LogP contribution in [0.1, 0.15) is 5.56 Å². The lowest BCUT2D eigenvalue weighted by atomic mass is 10.2. The van der Waals surface area contributed by atoms with Crippen molar-refractivity contribution in [2.24, 2.45) is 0 Å². The smallest absolute Gasteiger partial charge is 0.230 e. The predicted octanol–water partition coefficient (Wildman–Crippen LogP) is 5.46. The topological polar surface area (TPSA) is 69.0 Å². The molecule has 152 valence electrons. The third kappa shape index (κ3) is 4.46. The molecule has 2 aromatic heterocycles. The highest BCUT2D eigenvalue weighted by atomic mass is 32.1. The molecule has 5 aromatic rings. The SMILES string of the molecule is O=C(Cc1cnn(-c2ccccc2)c1)Nc1nc2ccc(Oc3ccccc3)cc2s1. The largest absolute Gasteiger partial charge is 0.457 e. The predicted molar refractivity (Wildman–Crippen MR) is 122 cm³/mol. The lowest BCUT2D eigenvalue weighted by Crippen LogP contribution is -2.13. The van der Waals surface area contributed by atoms with Gasteiger partial charge in [-0.05, 0) is 42.0 Å². The van der Waals surface area contributed by atoms with E-state index in [0.29, 0.717) is 5.13 Å². The minimum absolute atomic E-state index is 0.132. The number of carbonyl (C=O) groups is 1. The summed E-state index contributed by atoms with van der Waals surface area (Å²) in [5.41, 5.74) is 2.60. The Morgan fingerprint density at radius 2 is 1.74 bits per heavy atom. The number of anilines is 1. The van der Waals surface area contributed by atoms with Crippen molar-refractivity contribution in [2.75, 3.05) is 5.32 Å². The molecule has 0 aliphatic carbocycles. The zero-order valence-electron chi connectivity index (χ0n) is 16.4. The molecule has 3 aromatic carbocycles. The van der Waals surface area contributed by atoms with Gasteiger partial charge in [-0.3, -0.25) is 4.79 Å². The highest BCUT2D eigenvalue weighted by molar-refractivity contribution is 7.22. The van der Waals surface area contributed by atoms with Gasteiger partial charge in [-0.2, -0.15) is 5.10 Å². The van der Waals surface area contributed by atoms with Gasteiger partial charge in [0, 0.05) is 12.3 Å². The monoisotopic (exact) mass is 426 g/mol. The molecule has 0 atom stereocenters. The fourth-order valence-electron chi connectivity index (χ4n) is 3.17. The van der Waals surface area contributed by atoms with Crippen molar-refractivity contribution in [3.63, 3.8) is 0 Å². The number of nitrogens with one attached hydrogen (secondary N) is 1. The zero-order valence-corrected chi connectivity index (χ0v) is 17.3. The van der Waals surface area contributed by atoms with Crippen LogP contribution in [0.25, 0.3) is 15.9 Å². The molecular formula is C24H18N4O2S. The van der Waals surface area contributed by atoms with Crippen molar-refractivity contribution in [3.8, 4) is 17.2 Å². The fourth-order valence-corrected chi connectivity index (χ4v) is 4.08. The van der Waals surface area contributed by atoms with Crippen molar-refractivity contribution in [3.05, 3.63) is 96.8 Å². The van der Waals surface area contributed by atoms with E-state index >= 15 is 0 Å². The van der Waals surface area contributed by atoms with E-state index < -0.39 is 0 Å². The second kappa shape index (κ2) is 8.41. The molecular weight excluding hydrogens is 408 g/mol. The summed E-state index contributed by atoms with van der Waals surface area (Å²) in [4.78, 5) is 17.0. The minimum Gasteiger partial charge on any atom is -0.457 e. The summed E-state index contributed by atoms with van der Waals surface area (Å²) in [6.07, 6.45) is 3.80. The molecule has 0 saturated heterocycles. The van der Waals surface area contributed by atoms with Gasteiger partial charge in [-0.1, -0.05) is 47.7 Å². The number of amides is 1. The molecule has 0 unspecified atom stereocenters. The molecule has 1 amide bonds. The Hall–Kier alpha value is -3.97. The summed E-state index contributed by atoms with van der Waals surface area (Å²) in [5, 5.41) is 7.79. The molecule has 5 rings (SSSR count). The first-order valence-electron chi connectivity index (χ1n) is 9.75. The number of aromatic nitrogens is 3. The van der Waals surface area contributed by atoms with Gasteiger partial charge >= 0.3 is 0 Å². The molecule has 1 N–H and O–H groups in total. The summed E-state index contributed by atoms with van der Waals surface area (Å²) >= 11 is 1.42. The number of nitrogens with zero attached hydrogens (tertiary/aromatic N) is 3. The van der Waals surface area contributed by atoms with E-state index in [-0.39, 0.29) is 12.3 Å².